The van der Waals surface area contributed by atoms with Crippen molar-refractivity contribution >= 4 is 17.5 Å². The highest BCUT2D eigenvalue weighted by Crippen LogP contribution is 2.16. The number of nitrogens with one attached hydrogen (secondary N) is 2. The van der Waals surface area contributed by atoms with Gasteiger partial charge in [0.15, 0.2) is 0 Å². The molecule has 2 rings (SSSR count). The average molecular weight is 311 g/mol. The van der Waals surface area contributed by atoms with E-state index in [2.05, 4.69) is 10.6 Å². The van der Waals surface area contributed by atoms with Gasteiger partial charge in [-0.1, -0.05) is 23.7 Å². The minimum atomic E-state index is -0.0198. The topological polar surface area (TPSA) is 50.4 Å². The Morgan fingerprint density at radius 1 is 1.38 bits per heavy atom. The van der Waals surface area contributed by atoms with E-state index in [9.17, 15) is 4.79 Å². The minimum Gasteiger partial charge on any atom is -0.378 e. The van der Waals surface area contributed by atoms with Gasteiger partial charge in [-0.2, -0.15) is 0 Å². The Morgan fingerprint density at radius 3 is 2.71 bits per heavy atom. The molecule has 1 aromatic rings. The highest BCUT2D eigenvalue weighted by molar-refractivity contribution is 6.30. The third-order valence-electron chi connectivity index (χ3n) is 3.72. The molecule has 116 valence electrons. The lowest BCUT2D eigenvalue weighted by Crippen LogP contribution is -2.33. The van der Waals surface area contributed by atoms with Crippen LogP contribution in [-0.2, 0) is 9.53 Å². The summed E-state index contributed by atoms with van der Waals surface area (Å²) >= 11 is 5.86. The number of hydrogen-bond acceptors (Lipinski definition) is 3. The summed E-state index contributed by atoms with van der Waals surface area (Å²) in [5.41, 5.74) is 1.05. The number of carbonyl (C=O) groups is 1. The lowest BCUT2D eigenvalue weighted by molar-refractivity contribution is -0.123. The Hall–Kier alpha value is -1.10. The zero-order valence-corrected chi connectivity index (χ0v) is 13.2. The van der Waals surface area contributed by atoms with Crippen molar-refractivity contribution in [1.82, 2.24) is 10.6 Å². The molecule has 21 heavy (non-hydrogen) atoms. The molecule has 0 radical (unpaired) electrons. The van der Waals surface area contributed by atoms with E-state index in [0.717, 1.165) is 31.5 Å². The van der Waals surface area contributed by atoms with E-state index >= 15 is 0 Å². The van der Waals surface area contributed by atoms with Crippen molar-refractivity contribution in [3.63, 3.8) is 0 Å². The van der Waals surface area contributed by atoms with Crippen molar-refractivity contribution in [3.8, 4) is 0 Å². The maximum atomic E-state index is 11.9. The summed E-state index contributed by atoms with van der Waals surface area (Å²) in [6.45, 7) is 4.47. The van der Waals surface area contributed by atoms with Crippen molar-refractivity contribution in [1.29, 1.82) is 0 Å². The number of rotatable bonds is 6. The molecule has 2 N–H and O–H groups in total. The third-order valence-corrected chi connectivity index (χ3v) is 3.97. The third kappa shape index (κ3) is 5.65. The van der Waals surface area contributed by atoms with Crippen molar-refractivity contribution in [2.24, 2.45) is 0 Å². The van der Waals surface area contributed by atoms with E-state index in [0.29, 0.717) is 24.2 Å². The summed E-state index contributed by atoms with van der Waals surface area (Å²) in [6, 6.07) is 7.51. The van der Waals surface area contributed by atoms with Crippen molar-refractivity contribution in [2.45, 2.75) is 38.3 Å². The molecule has 1 saturated heterocycles. The van der Waals surface area contributed by atoms with Crippen LogP contribution in [0.2, 0.25) is 5.02 Å². The quantitative estimate of drug-likeness (QED) is 0.849. The van der Waals surface area contributed by atoms with E-state index in [-0.39, 0.29) is 11.9 Å². The number of hydrogen-bond donors (Lipinski definition) is 2. The van der Waals surface area contributed by atoms with Crippen LogP contribution >= 0.6 is 11.6 Å². The van der Waals surface area contributed by atoms with E-state index in [1.165, 1.54) is 0 Å². The van der Waals surface area contributed by atoms with Crippen LogP contribution in [-0.4, -0.2) is 31.7 Å². The fraction of sp³-hybridized carbons (Fsp3) is 0.562. The molecule has 1 amide bonds. The van der Waals surface area contributed by atoms with Gasteiger partial charge < -0.3 is 15.4 Å². The maximum Gasteiger partial charge on any atom is 0.222 e. The minimum absolute atomic E-state index is 0.0198. The number of benzene rings is 1. The first kappa shape index (κ1) is 16.3. The smallest absolute Gasteiger partial charge is 0.222 e. The van der Waals surface area contributed by atoms with E-state index in [1.54, 1.807) is 0 Å². The number of piperidine rings is 1. The van der Waals surface area contributed by atoms with Gasteiger partial charge >= 0.3 is 0 Å². The Kier molecular flexibility index (Phi) is 6.49. The Morgan fingerprint density at radius 2 is 2.05 bits per heavy atom. The van der Waals surface area contributed by atoms with Gasteiger partial charge in [0.05, 0.1) is 18.8 Å². The second-order valence-electron chi connectivity index (χ2n) is 5.41. The second kappa shape index (κ2) is 8.37. The molecule has 1 aliphatic heterocycles. The Bertz CT molecular complexity index is 444. The van der Waals surface area contributed by atoms with Gasteiger partial charge in [-0.25, -0.2) is 0 Å². The van der Waals surface area contributed by atoms with Crippen LogP contribution in [0.25, 0.3) is 0 Å². The molecule has 5 heteroatoms. The normalized spacial score (nSPS) is 17.4. The van der Waals surface area contributed by atoms with Gasteiger partial charge in [0.1, 0.15) is 0 Å². The molecule has 0 unspecified atom stereocenters. The monoisotopic (exact) mass is 310 g/mol. The molecular formula is C16H23ClN2O2. The van der Waals surface area contributed by atoms with Crippen LogP contribution < -0.4 is 10.6 Å². The van der Waals surface area contributed by atoms with Crippen molar-refractivity contribution in [2.75, 3.05) is 19.7 Å². The summed E-state index contributed by atoms with van der Waals surface area (Å²) in [7, 11) is 0. The largest absolute Gasteiger partial charge is 0.378 e. The highest BCUT2D eigenvalue weighted by atomic mass is 35.5. The molecule has 0 spiro atoms. The van der Waals surface area contributed by atoms with Gasteiger partial charge in [0, 0.05) is 11.4 Å². The fourth-order valence-corrected chi connectivity index (χ4v) is 2.55. The molecule has 1 aliphatic rings. The molecule has 0 aliphatic carbocycles. The lowest BCUT2D eigenvalue weighted by atomic mass is 10.1. The molecule has 0 saturated carbocycles. The van der Waals surface area contributed by atoms with Crippen LogP contribution in [0.5, 0.6) is 0 Å². The summed E-state index contributed by atoms with van der Waals surface area (Å²) < 4.78 is 5.74. The Labute approximate surface area is 131 Å². The van der Waals surface area contributed by atoms with E-state index < -0.39 is 0 Å². The second-order valence-corrected chi connectivity index (χ2v) is 5.85. The summed E-state index contributed by atoms with van der Waals surface area (Å²) in [5.74, 6) is 0.0198. The highest BCUT2D eigenvalue weighted by Gasteiger charge is 2.14. The number of ether oxygens (including phenoxy) is 1. The predicted molar refractivity (Wildman–Crippen MR) is 84.5 cm³/mol. The molecule has 1 fully saturated rings. The average Bonchev–Trinajstić information content (AvgIpc) is 2.49. The molecule has 1 atom stereocenters. The molecule has 4 nitrogen and oxygen atoms in total. The van der Waals surface area contributed by atoms with Crippen LogP contribution in [0.1, 0.15) is 37.8 Å². The number of carbonyl (C=O) groups excluding carboxylic acids is 1. The number of halogens is 1. The standard InChI is InChI=1S/C16H23ClN2O2/c1-12(13-2-4-14(17)5-3-13)19-16(20)8-11-21-15-6-9-18-10-7-15/h2-5,12,15,18H,6-11H2,1H3,(H,19,20)/t12-/m0/s1. The fourth-order valence-electron chi connectivity index (χ4n) is 2.43. The molecule has 1 heterocycles. The molecule has 0 bridgehead atoms. The predicted octanol–water partition coefficient (Wildman–Crippen LogP) is 2.68. The van der Waals surface area contributed by atoms with Crippen LogP contribution in [0, 0.1) is 0 Å². The van der Waals surface area contributed by atoms with Crippen molar-refractivity contribution in [3.05, 3.63) is 34.9 Å². The van der Waals surface area contributed by atoms with Gasteiger partial charge in [0.25, 0.3) is 0 Å². The van der Waals surface area contributed by atoms with Gasteiger partial charge in [0.2, 0.25) is 5.91 Å². The van der Waals surface area contributed by atoms with Gasteiger partial charge in [-0.15, -0.1) is 0 Å². The number of amides is 1. The summed E-state index contributed by atoms with van der Waals surface area (Å²) in [5, 5.41) is 6.97. The zero-order chi connectivity index (χ0) is 15.1. The molecule has 0 aromatic heterocycles. The van der Waals surface area contributed by atoms with Gasteiger partial charge in [-0.3, -0.25) is 4.79 Å². The summed E-state index contributed by atoms with van der Waals surface area (Å²) in [6.07, 6.45) is 2.76. The van der Waals surface area contributed by atoms with Crippen molar-refractivity contribution < 1.29 is 9.53 Å². The maximum absolute atomic E-state index is 11.9. The first-order valence-electron chi connectivity index (χ1n) is 7.52. The van der Waals surface area contributed by atoms with E-state index in [1.807, 2.05) is 31.2 Å². The molecular weight excluding hydrogens is 288 g/mol. The first-order chi connectivity index (χ1) is 10.1. The summed E-state index contributed by atoms with van der Waals surface area (Å²) in [4.78, 5) is 11.9. The van der Waals surface area contributed by atoms with E-state index in [4.69, 9.17) is 16.3 Å². The van der Waals surface area contributed by atoms with Crippen LogP contribution in [0.15, 0.2) is 24.3 Å². The first-order valence-corrected chi connectivity index (χ1v) is 7.90. The molecule has 1 aromatic carbocycles. The van der Waals surface area contributed by atoms with Gasteiger partial charge in [-0.05, 0) is 50.6 Å². The van der Waals surface area contributed by atoms with Crippen LogP contribution in [0.3, 0.4) is 0 Å². The Balaban J connectivity index is 1.67. The lowest BCUT2D eigenvalue weighted by Gasteiger charge is -2.23. The SMILES string of the molecule is C[C@H](NC(=O)CCOC1CCNCC1)c1ccc(Cl)cc1. The van der Waals surface area contributed by atoms with Crippen LogP contribution in [0.4, 0.5) is 0 Å². The zero-order valence-electron chi connectivity index (χ0n) is 12.4.